The van der Waals surface area contributed by atoms with Crippen molar-refractivity contribution in [2.24, 2.45) is 34.0 Å². The molecule has 1 saturated heterocycles. The lowest BCUT2D eigenvalue weighted by atomic mass is 9.91. The topological polar surface area (TPSA) is 191 Å². The fourth-order valence-corrected chi connectivity index (χ4v) is 7.46. The number of para-hydroxylation sites is 1. The molecule has 0 radical (unpaired) electrons. The van der Waals surface area contributed by atoms with Crippen molar-refractivity contribution in [2.75, 3.05) is 25.0 Å². The lowest BCUT2D eigenvalue weighted by Crippen LogP contribution is -2.70. The SMILES string of the molecule is CC1CNc2c(cccc2S(=O)(=O)[N+]2(C(=O)C(N)CCCN=C(N)N)CC[C@@H](C)C[C@@H]2C(=O)O)C1. The third-order valence-electron chi connectivity index (χ3n) is 7.04. The standard InChI is InChI=1S/C23H36N6O5S/c1-14-8-10-29(18(12-14)22(31)32,21(30)17(24)6-4-9-27-23(25)26)35(33,34)19-7-3-5-16-11-15(2)13-28-20(16)19/h3,5,7,14-15,17-18,28H,4,6,8-13,24H2,1-2H3,(H4-,25,26,27,31,32)/p+1/t14-,15?,17?,18-,29?/m1/s1. The van der Waals surface area contributed by atoms with Crippen molar-refractivity contribution in [3.8, 4) is 0 Å². The molecular formula is C23H37N6O5S+. The number of fused-ring (bicyclic) bond motifs is 1. The highest BCUT2D eigenvalue weighted by Crippen LogP contribution is 2.42. The first-order chi connectivity index (χ1) is 16.4. The summed E-state index contributed by atoms with van der Waals surface area (Å²) in [6, 6.07) is 2.29. The zero-order valence-electron chi connectivity index (χ0n) is 20.3. The zero-order valence-corrected chi connectivity index (χ0v) is 21.1. The number of piperidine rings is 1. The van der Waals surface area contributed by atoms with Crippen molar-refractivity contribution in [3.63, 3.8) is 0 Å². The number of aliphatic carboxylic acids is 1. The van der Waals surface area contributed by atoms with E-state index in [-0.39, 0.29) is 42.7 Å². The van der Waals surface area contributed by atoms with E-state index in [1.54, 1.807) is 6.07 Å². The minimum atomic E-state index is -4.49. The highest BCUT2D eigenvalue weighted by molar-refractivity contribution is 7.86. The van der Waals surface area contributed by atoms with E-state index >= 15 is 0 Å². The Kier molecular flexibility index (Phi) is 8.07. The number of carboxylic acids is 1. The molecule has 1 aromatic rings. The summed E-state index contributed by atoms with van der Waals surface area (Å²) < 4.78 is 27.6. The largest absolute Gasteiger partial charge is 0.477 e. The molecule has 8 N–H and O–H groups in total. The van der Waals surface area contributed by atoms with Gasteiger partial charge in [0.25, 0.3) is 0 Å². The number of nitrogens with two attached hydrogens (primary N) is 3. The Morgan fingerprint density at radius 3 is 2.63 bits per heavy atom. The van der Waals surface area contributed by atoms with Gasteiger partial charge >= 0.3 is 21.9 Å². The van der Waals surface area contributed by atoms with Gasteiger partial charge in [-0.05, 0) is 42.7 Å². The van der Waals surface area contributed by atoms with Gasteiger partial charge in [0.15, 0.2) is 5.96 Å². The molecule has 1 amide bonds. The summed E-state index contributed by atoms with van der Waals surface area (Å²) >= 11 is 0. The maximum atomic E-state index is 14.4. The van der Waals surface area contributed by atoms with E-state index in [0.29, 0.717) is 37.4 Å². The predicted molar refractivity (Wildman–Crippen MR) is 133 cm³/mol. The summed E-state index contributed by atoms with van der Waals surface area (Å²) in [5.74, 6) is -1.97. The molecule has 2 aliphatic rings. The van der Waals surface area contributed by atoms with Gasteiger partial charge in [-0.3, -0.25) is 4.99 Å². The number of likely N-dealkylation sites (tertiary alicyclic amines) is 1. The summed E-state index contributed by atoms with van der Waals surface area (Å²) in [5.41, 5.74) is 18.2. The van der Waals surface area contributed by atoms with Crippen LogP contribution in [0, 0.1) is 11.8 Å². The van der Waals surface area contributed by atoms with Gasteiger partial charge in [0.1, 0.15) is 17.5 Å². The lowest BCUT2D eigenvalue weighted by molar-refractivity contribution is -0.757. The Balaban J connectivity index is 2.11. The molecule has 1 aromatic carbocycles. The number of hydrogen-bond donors (Lipinski definition) is 5. The predicted octanol–water partition coefficient (Wildman–Crippen LogP) is 0.587. The third kappa shape index (κ3) is 5.14. The average molecular weight is 510 g/mol. The Labute approximate surface area is 206 Å². The number of aliphatic imine (C=N–C) groups is 1. The number of guanidine groups is 1. The number of amides is 1. The van der Waals surface area contributed by atoms with Crippen LogP contribution in [0.4, 0.5) is 5.69 Å². The maximum absolute atomic E-state index is 14.4. The second kappa shape index (κ2) is 10.5. The van der Waals surface area contributed by atoms with E-state index < -0.39 is 37.9 Å². The molecule has 12 heteroatoms. The molecule has 194 valence electrons. The molecule has 3 unspecified atom stereocenters. The number of benzene rings is 1. The minimum absolute atomic E-state index is 0.0490. The lowest BCUT2D eigenvalue weighted by Gasteiger charge is -2.44. The number of hydrogen-bond acceptors (Lipinski definition) is 7. The van der Waals surface area contributed by atoms with E-state index in [1.807, 2.05) is 13.0 Å². The number of carbonyl (C=O) groups excluding carboxylic acids is 1. The molecule has 11 nitrogen and oxygen atoms in total. The van der Waals surface area contributed by atoms with Crippen LogP contribution in [0.1, 0.15) is 45.1 Å². The quantitative estimate of drug-likeness (QED) is 0.144. The number of anilines is 1. The van der Waals surface area contributed by atoms with Gasteiger partial charge in [-0.25, -0.2) is 9.59 Å². The molecule has 2 aliphatic heterocycles. The third-order valence-corrected chi connectivity index (χ3v) is 9.41. The number of nitrogens with zero attached hydrogens (tertiary/aromatic N) is 2. The van der Waals surface area contributed by atoms with Gasteiger partial charge < -0.3 is 27.6 Å². The van der Waals surface area contributed by atoms with Crippen molar-refractivity contribution >= 4 is 33.5 Å². The van der Waals surface area contributed by atoms with E-state index in [0.717, 1.165) is 5.56 Å². The first-order valence-electron chi connectivity index (χ1n) is 12.0. The van der Waals surface area contributed by atoms with Crippen molar-refractivity contribution in [1.29, 1.82) is 0 Å². The smallest absolute Gasteiger partial charge is 0.364 e. The summed E-state index contributed by atoms with van der Waals surface area (Å²) in [7, 11) is -4.49. The van der Waals surface area contributed by atoms with E-state index in [9.17, 15) is 23.1 Å². The van der Waals surface area contributed by atoms with Crippen LogP contribution in [0.15, 0.2) is 28.1 Å². The van der Waals surface area contributed by atoms with Crippen LogP contribution in [0.2, 0.25) is 0 Å². The van der Waals surface area contributed by atoms with Crippen LogP contribution in [-0.4, -0.2) is 67.0 Å². The fraction of sp³-hybridized carbons (Fsp3) is 0.609. The van der Waals surface area contributed by atoms with Crippen LogP contribution >= 0.6 is 0 Å². The zero-order chi connectivity index (χ0) is 26.0. The van der Waals surface area contributed by atoms with Gasteiger partial charge in [-0.1, -0.05) is 26.0 Å². The second-order valence-electron chi connectivity index (χ2n) is 9.85. The minimum Gasteiger partial charge on any atom is -0.477 e. The molecule has 2 heterocycles. The molecule has 35 heavy (non-hydrogen) atoms. The molecular weight excluding hydrogens is 472 g/mol. The van der Waals surface area contributed by atoms with Gasteiger partial charge in [-0.2, -0.15) is 8.42 Å². The number of nitrogens with one attached hydrogen (secondary N) is 1. The Bertz CT molecular complexity index is 1100. The van der Waals surface area contributed by atoms with Gasteiger partial charge in [0.05, 0.1) is 5.69 Å². The van der Waals surface area contributed by atoms with Gasteiger partial charge in [0, 0.05) is 25.9 Å². The van der Waals surface area contributed by atoms with Crippen LogP contribution in [0.5, 0.6) is 0 Å². The van der Waals surface area contributed by atoms with E-state index in [2.05, 4.69) is 17.2 Å². The summed E-state index contributed by atoms with van der Waals surface area (Å²) in [6.45, 7) is 4.58. The molecule has 0 saturated carbocycles. The Hall–Kier alpha value is -2.70. The fourth-order valence-electron chi connectivity index (χ4n) is 5.17. The number of carboxylic acid groups (broad SMARTS) is 1. The Morgan fingerprint density at radius 1 is 1.26 bits per heavy atom. The Morgan fingerprint density at radius 2 is 1.97 bits per heavy atom. The van der Waals surface area contributed by atoms with Gasteiger partial charge in [0.2, 0.25) is 6.04 Å². The van der Waals surface area contributed by atoms with Crippen molar-refractivity contribution < 1.29 is 27.0 Å². The highest BCUT2D eigenvalue weighted by Gasteiger charge is 2.62. The summed E-state index contributed by atoms with van der Waals surface area (Å²) in [5, 5.41) is 13.3. The number of rotatable bonds is 8. The monoisotopic (exact) mass is 509 g/mol. The summed E-state index contributed by atoms with van der Waals surface area (Å²) in [6.07, 6.45) is 1.59. The van der Waals surface area contributed by atoms with E-state index in [1.165, 1.54) is 6.07 Å². The normalized spacial score (nSPS) is 27.2. The van der Waals surface area contributed by atoms with Crippen LogP contribution in [0.25, 0.3) is 0 Å². The first kappa shape index (κ1) is 26.9. The van der Waals surface area contributed by atoms with Crippen molar-refractivity contribution in [1.82, 2.24) is 0 Å². The molecule has 0 bridgehead atoms. The van der Waals surface area contributed by atoms with Crippen molar-refractivity contribution in [3.05, 3.63) is 23.8 Å². The molecule has 0 spiro atoms. The number of sulfonamides is 1. The second-order valence-corrected chi connectivity index (χ2v) is 11.9. The number of quaternary nitrogens is 1. The molecule has 5 atom stereocenters. The average Bonchev–Trinajstić information content (AvgIpc) is 2.80. The summed E-state index contributed by atoms with van der Waals surface area (Å²) in [4.78, 5) is 30.2. The van der Waals surface area contributed by atoms with E-state index in [4.69, 9.17) is 17.2 Å². The van der Waals surface area contributed by atoms with Crippen molar-refractivity contribution in [2.45, 2.75) is 62.9 Å². The molecule has 1 fully saturated rings. The van der Waals surface area contributed by atoms with Gasteiger partial charge in [-0.15, -0.1) is 3.89 Å². The van der Waals surface area contributed by atoms with Crippen LogP contribution in [0.3, 0.4) is 0 Å². The molecule has 0 aromatic heterocycles. The maximum Gasteiger partial charge on any atom is 0.364 e. The van der Waals surface area contributed by atoms with Crippen LogP contribution < -0.4 is 22.5 Å². The highest BCUT2D eigenvalue weighted by atomic mass is 32.2. The molecule has 3 rings (SSSR count). The number of carbonyl (C=O) groups is 2. The van der Waals surface area contributed by atoms with Crippen LogP contribution in [-0.2, 0) is 26.0 Å². The first-order valence-corrected chi connectivity index (χ1v) is 13.4. The molecule has 0 aliphatic carbocycles.